The Morgan fingerprint density at radius 1 is 0.933 bits per heavy atom. The summed E-state index contributed by atoms with van der Waals surface area (Å²) in [4.78, 5) is 8.45. The number of benzene rings is 1. The van der Waals surface area contributed by atoms with Crippen molar-refractivity contribution in [2.24, 2.45) is 0 Å². The fourth-order valence-electron chi connectivity index (χ4n) is 1.68. The normalized spacial score (nSPS) is 10.3. The first-order valence-electron chi connectivity index (χ1n) is 5.08. The Labute approximate surface area is 90.0 Å². The van der Waals surface area contributed by atoms with Gasteiger partial charge in [-0.05, 0) is 25.0 Å². The number of hydrogen-bond acceptors (Lipinski definition) is 2. The van der Waals surface area contributed by atoms with Gasteiger partial charge in [-0.1, -0.05) is 30.3 Å². The third-order valence-electron chi connectivity index (χ3n) is 2.60. The van der Waals surface area contributed by atoms with E-state index in [0.29, 0.717) is 0 Å². The van der Waals surface area contributed by atoms with E-state index in [-0.39, 0.29) is 0 Å². The maximum Gasteiger partial charge on any atom is 0.115 e. The van der Waals surface area contributed by atoms with Crippen molar-refractivity contribution < 1.29 is 0 Å². The van der Waals surface area contributed by atoms with Crippen LogP contribution in [0.5, 0.6) is 0 Å². The van der Waals surface area contributed by atoms with Crippen molar-refractivity contribution in [3.8, 4) is 0 Å². The predicted octanol–water partition coefficient (Wildman–Crippen LogP) is 2.68. The Kier molecular flexibility index (Phi) is 2.77. The Morgan fingerprint density at radius 2 is 1.53 bits per heavy atom. The molecule has 76 valence electrons. The third kappa shape index (κ3) is 2.21. The molecule has 0 fully saturated rings. The summed E-state index contributed by atoms with van der Waals surface area (Å²) >= 11 is 0. The maximum absolute atomic E-state index is 4.23. The van der Waals surface area contributed by atoms with E-state index >= 15 is 0 Å². The van der Waals surface area contributed by atoms with Crippen molar-refractivity contribution in [2.75, 3.05) is 0 Å². The molecule has 1 aromatic carbocycles. The van der Waals surface area contributed by atoms with Gasteiger partial charge in [-0.2, -0.15) is 0 Å². The highest BCUT2D eigenvalue weighted by Gasteiger charge is 2.04. The van der Waals surface area contributed by atoms with Gasteiger partial charge in [-0.25, -0.2) is 9.97 Å². The quantitative estimate of drug-likeness (QED) is 0.741. The highest BCUT2D eigenvalue weighted by atomic mass is 14.8. The minimum Gasteiger partial charge on any atom is -0.241 e. The molecule has 2 rings (SSSR count). The predicted molar refractivity (Wildman–Crippen MR) is 60.8 cm³/mol. The van der Waals surface area contributed by atoms with E-state index in [1.165, 1.54) is 11.1 Å². The summed E-state index contributed by atoms with van der Waals surface area (Å²) in [5.74, 6) is 0. The van der Waals surface area contributed by atoms with Gasteiger partial charge in [0.25, 0.3) is 0 Å². The van der Waals surface area contributed by atoms with Crippen molar-refractivity contribution in [3.05, 3.63) is 59.2 Å². The second kappa shape index (κ2) is 4.22. The Balaban J connectivity index is 2.32. The lowest BCUT2D eigenvalue weighted by Gasteiger charge is -2.07. The van der Waals surface area contributed by atoms with Gasteiger partial charge in [0.05, 0.1) is 0 Å². The summed E-state index contributed by atoms with van der Waals surface area (Å²) in [5, 5.41) is 0. The standard InChI is InChI=1S/C13H14N2/c1-10-13(11(2)15-9-14-10)8-12-6-4-3-5-7-12/h3-7,9H,8H2,1-2H3. The molecule has 0 aliphatic carbocycles. The average molecular weight is 198 g/mol. The SMILES string of the molecule is Cc1ncnc(C)c1Cc1ccccc1. The fraction of sp³-hybridized carbons (Fsp3) is 0.231. The van der Waals surface area contributed by atoms with Gasteiger partial charge >= 0.3 is 0 Å². The Bertz CT molecular complexity index is 429. The third-order valence-corrected chi connectivity index (χ3v) is 2.60. The molecule has 0 saturated heterocycles. The number of hydrogen-bond donors (Lipinski definition) is 0. The van der Waals surface area contributed by atoms with Crippen LogP contribution >= 0.6 is 0 Å². The Hall–Kier alpha value is -1.70. The van der Waals surface area contributed by atoms with Crippen LogP contribution in [-0.2, 0) is 6.42 Å². The molecule has 0 saturated carbocycles. The van der Waals surface area contributed by atoms with Crippen LogP contribution in [0.15, 0.2) is 36.7 Å². The van der Waals surface area contributed by atoms with E-state index in [2.05, 4.69) is 34.2 Å². The van der Waals surface area contributed by atoms with Gasteiger partial charge in [0.15, 0.2) is 0 Å². The van der Waals surface area contributed by atoms with E-state index in [1.54, 1.807) is 6.33 Å². The highest BCUT2D eigenvalue weighted by molar-refractivity contribution is 5.30. The van der Waals surface area contributed by atoms with E-state index in [4.69, 9.17) is 0 Å². The first-order chi connectivity index (χ1) is 7.27. The summed E-state index contributed by atoms with van der Waals surface area (Å²) in [6.45, 7) is 4.07. The van der Waals surface area contributed by atoms with E-state index in [1.807, 2.05) is 19.9 Å². The highest BCUT2D eigenvalue weighted by Crippen LogP contribution is 2.13. The Morgan fingerprint density at radius 3 is 2.13 bits per heavy atom. The van der Waals surface area contributed by atoms with Crippen LogP contribution < -0.4 is 0 Å². The van der Waals surface area contributed by atoms with Crippen molar-refractivity contribution in [1.29, 1.82) is 0 Å². The molecule has 0 radical (unpaired) electrons. The first-order valence-corrected chi connectivity index (χ1v) is 5.08. The maximum atomic E-state index is 4.23. The molecule has 0 amide bonds. The van der Waals surface area contributed by atoms with Crippen molar-refractivity contribution in [2.45, 2.75) is 20.3 Å². The van der Waals surface area contributed by atoms with Crippen LogP contribution in [0.1, 0.15) is 22.5 Å². The van der Waals surface area contributed by atoms with Crippen LogP contribution in [0.4, 0.5) is 0 Å². The van der Waals surface area contributed by atoms with Gasteiger partial charge in [-0.15, -0.1) is 0 Å². The van der Waals surface area contributed by atoms with E-state index in [0.717, 1.165) is 17.8 Å². The number of aryl methyl sites for hydroxylation is 2. The topological polar surface area (TPSA) is 25.8 Å². The molecule has 2 heteroatoms. The summed E-state index contributed by atoms with van der Waals surface area (Å²) in [6, 6.07) is 10.4. The molecule has 0 aliphatic heterocycles. The molecular weight excluding hydrogens is 184 g/mol. The van der Waals surface area contributed by atoms with Crippen LogP contribution in [0, 0.1) is 13.8 Å². The number of nitrogens with zero attached hydrogens (tertiary/aromatic N) is 2. The largest absolute Gasteiger partial charge is 0.241 e. The molecule has 2 nitrogen and oxygen atoms in total. The molecule has 0 aliphatic rings. The van der Waals surface area contributed by atoms with Crippen molar-refractivity contribution in [3.63, 3.8) is 0 Å². The van der Waals surface area contributed by atoms with Crippen LogP contribution in [0.3, 0.4) is 0 Å². The van der Waals surface area contributed by atoms with Gasteiger partial charge in [0, 0.05) is 17.8 Å². The zero-order valence-electron chi connectivity index (χ0n) is 9.07. The lowest BCUT2D eigenvalue weighted by atomic mass is 10.0. The van der Waals surface area contributed by atoms with Crippen LogP contribution in [0.2, 0.25) is 0 Å². The fourth-order valence-corrected chi connectivity index (χ4v) is 1.68. The molecule has 0 unspecified atom stereocenters. The smallest absolute Gasteiger partial charge is 0.115 e. The molecule has 2 aromatic rings. The molecule has 1 heterocycles. The average Bonchev–Trinajstić information content (AvgIpc) is 2.25. The zero-order chi connectivity index (χ0) is 10.7. The molecule has 0 spiro atoms. The zero-order valence-corrected chi connectivity index (χ0v) is 9.07. The second-order valence-corrected chi connectivity index (χ2v) is 3.69. The van der Waals surface area contributed by atoms with Gasteiger partial charge in [-0.3, -0.25) is 0 Å². The van der Waals surface area contributed by atoms with Gasteiger partial charge < -0.3 is 0 Å². The number of aromatic nitrogens is 2. The molecular formula is C13H14N2. The van der Waals surface area contributed by atoms with Crippen molar-refractivity contribution >= 4 is 0 Å². The minimum atomic E-state index is 0.916. The molecule has 15 heavy (non-hydrogen) atoms. The van der Waals surface area contributed by atoms with E-state index in [9.17, 15) is 0 Å². The van der Waals surface area contributed by atoms with Gasteiger partial charge in [0.1, 0.15) is 6.33 Å². The molecule has 0 bridgehead atoms. The van der Waals surface area contributed by atoms with Crippen molar-refractivity contribution in [1.82, 2.24) is 9.97 Å². The minimum absolute atomic E-state index is 0.916. The summed E-state index contributed by atoms with van der Waals surface area (Å²) in [7, 11) is 0. The van der Waals surface area contributed by atoms with Crippen LogP contribution in [-0.4, -0.2) is 9.97 Å². The summed E-state index contributed by atoms with van der Waals surface area (Å²) < 4.78 is 0. The monoisotopic (exact) mass is 198 g/mol. The molecule has 0 N–H and O–H groups in total. The van der Waals surface area contributed by atoms with Gasteiger partial charge in [0.2, 0.25) is 0 Å². The number of rotatable bonds is 2. The molecule has 1 aromatic heterocycles. The second-order valence-electron chi connectivity index (χ2n) is 3.69. The first kappa shape index (κ1) is 9.84. The summed E-state index contributed by atoms with van der Waals surface area (Å²) in [5.41, 5.74) is 4.69. The lowest BCUT2D eigenvalue weighted by molar-refractivity contribution is 0.972. The van der Waals surface area contributed by atoms with E-state index < -0.39 is 0 Å². The molecule has 0 atom stereocenters. The summed E-state index contributed by atoms with van der Waals surface area (Å²) in [6.07, 6.45) is 2.54. The lowest BCUT2D eigenvalue weighted by Crippen LogP contribution is -2.00. The van der Waals surface area contributed by atoms with Crippen LogP contribution in [0.25, 0.3) is 0 Å².